The first-order chi connectivity index (χ1) is 17.0. The Morgan fingerprint density at radius 2 is 1.73 bits per heavy atom. The molecule has 0 aliphatic carbocycles. The zero-order chi connectivity index (χ0) is 27.9. The van der Waals surface area contributed by atoms with Crippen LogP contribution in [-0.4, -0.2) is 19.9 Å². The van der Waals surface area contributed by atoms with Gasteiger partial charge in [-0.05, 0) is 55.0 Å². The molecule has 0 saturated heterocycles. The second-order valence-electron chi connectivity index (χ2n) is 11.0. The van der Waals surface area contributed by atoms with Crippen LogP contribution in [0.2, 0.25) is 0 Å². The number of fused-ring (bicyclic) bond motifs is 1. The number of alkyl halides is 5. The van der Waals surface area contributed by atoms with Crippen LogP contribution in [0.3, 0.4) is 0 Å². The largest absolute Gasteiger partial charge is 0.417 e. The summed E-state index contributed by atoms with van der Waals surface area (Å²) in [5.41, 5.74) is -0.675. The monoisotopic (exact) mass is 539 g/mol. The van der Waals surface area contributed by atoms with Crippen LogP contribution in [0.5, 0.6) is 0 Å². The zero-order valence-corrected chi connectivity index (χ0v) is 22.1. The first-order valence-corrected chi connectivity index (χ1v) is 12.9. The van der Waals surface area contributed by atoms with Crippen LogP contribution in [0.15, 0.2) is 42.6 Å². The average molecular weight is 540 g/mol. The number of halogens is 5. The maximum absolute atomic E-state index is 14.4. The Labute approximate surface area is 215 Å². The highest BCUT2D eigenvalue weighted by Gasteiger charge is 2.37. The maximum atomic E-state index is 14.4. The highest BCUT2D eigenvalue weighted by atomic mass is 32.2. The Bertz CT molecular complexity index is 1360. The predicted molar refractivity (Wildman–Crippen MR) is 136 cm³/mol. The van der Waals surface area contributed by atoms with Gasteiger partial charge in [-0.1, -0.05) is 39.0 Å². The van der Waals surface area contributed by atoms with Crippen molar-refractivity contribution in [2.75, 3.05) is 0 Å². The Morgan fingerprint density at radius 1 is 1.08 bits per heavy atom. The summed E-state index contributed by atoms with van der Waals surface area (Å²) in [6.07, 6.45) is -6.03. The molecule has 1 heterocycles. The van der Waals surface area contributed by atoms with Crippen molar-refractivity contribution in [3.63, 3.8) is 0 Å². The van der Waals surface area contributed by atoms with Gasteiger partial charge in [0, 0.05) is 35.1 Å². The van der Waals surface area contributed by atoms with E-state index in [0.717, 1.165) is 6.07 Å². The number of aromatic nitrogens is 1. The highest BCUT2D eigenvalue weighted by molar-refractivity contribution is 7.84. The van der Waals surface area contributed by atoms with Crippen LogP contribution in [0, 0.1) is 16.7 Å². The molecule has 2 N–H and O–H groups in total. The number of hydrogen-bond acceptors (Lipinski definition) is 2. The second kappa shape index (κ2) is 10.2. The topological polar surface area (TPSA) is 71.8 Å². The van der Waals surface area contributed by atoms with Crippen molar-refractivity contribution in [2.24, 2.45) is 10.6 Å². The molecule has 0 spiro atoms. The molecule has 0 amide bonds. The molecule has 0 saturated carbocycles. The van der Waals surface area contributed by atoms with Crippen molar-refractivity contribution < 1.29 is 26.2 Å². The molecule has 10 heteroatoms. The Kier molecular flexibility index (Phi) is 7.92. The van der Waals surface area contributed by atoms with E-state index in [9.17, 15) is 31.4 Å². The first-order valence-electron chi connectivity index (χ1n) is 11.6. The number of nitrogens with two attached hydrogens (primary N) is 1. The molecule has 1 aromatic heterocycles. The van der Waals surface area contributed by atoms with Gasteiger partial charge in [0.25, 0.3) is 0 Å². The van der Waals surface area contributed by atoms with Crippen molar-refractivity contribution in [1.82, 2.24) is 4.57 Å². The molecular weight excluding hydrogens is 509 g/mol. The van der Waals surface area contributed by atoms with Gasteiger partial charge in [0.05, 0.1) is 32.9 Å². The summed E-state index contributed by atoms with van der Waals surface area (Å²) in [5.74, 6) is -1.30. The van der Waals surface area contributed by atoms with E-state index in [1.807, 2.05) is 26.8 Å². The van der Waals surface area contributed by atoms with Crippen molar-refractivity contribution in [3.05, 3.63) is 59.3 Å². The van der Waals surface area contributed by atoms with Gasteiger partial charge in [-0.2, -0.15) is 18.4 Å². The molecule has 0 radical (unpaired) electrons. The van der Waals surface area contributed by atoms with E-state index < -0.39 is 39.8 Å². The molecule has 200 valence electrons. The molecule has 3 aromatic rings. The van der Waals surface area contributed by atoms with Gasteiger partial charge in [0.15, 0.2) is 0 Å². The van der Waals surface area contributed by atoms with Crippen molar-refractivity contribution in [3.8, 4) is 17.2 Å². The molecule has 0 aliphatic heterocycles. The van der Waals surface area contributed by atoms with Crippen LogP contribution in [-0.2, 0) is 23.7 Å². The molecular formula is C27H30F5N3OS. The lowest BCUT2D eigenvalue weighted by Gasteiger charge is -2.27. The molecule has 4 nitrogen and oxygen atoms in total. The summed E-state index contributed by atoms with van der Waals surface area (Å²) in [7, 11) is -1.85. The number of rotatable bonds is 7. The van der Waals surface area contributed by atoms with E-state index >= 15 is 0 Å². The van der Waals surface area contributed by atoms with E-state index in [4.69, 9.17) is 5.14 Å². The van der Waals surface area contributed by atoms with E-state index in [1.165, 1.54) is 30.3 Å². The van der Waals surface area contributed by atoms with Gasteiger partial charge >= 0.3 is 6.18 Å². The number of nitriles is 1. The predicted octanol–water partition coefficient (Wildman–Crippen LogP) is 7.38. The van der Waals surface area contributed by atoms with Gasteiger partial charge in [0.2, 0.25) is 6.43 Å². The van der Waals surface area contributed by atoms with Crippen LogP contribution < -0.4 is 5.14 Å². The lowest BCUT2D eigenvalue weighted by atomic mass is 9.89. The minimum Gasteiger partial charge on any atom is -0.347 e. The number of hydrogen-bond donors (Lipinski definition) is 1. The quantitative estimate of drug-likeness (QED) is 0.318. The van der Waals surface area contributed by atoms with E-state index in [-0.39, 0.29) is 28.5 Å². The minimum absolute atomic E-state index is 0.138. The lowest BCUT2D eigenvalue weighted by molar-refractivity contribution is -0.137. The van der Waals surface area contributed by atoms with Crippen molar-refractivity contribution in [1.29, 1.82) is 5.26 Å². The SMILES string of the molecule is CC(C)(C)Cn1cc([C@H](CC(C)(C)S(N)=O)C(F)F)c2ccc(-c3c(C#N)cccc3C(F)(F)F)cc21. The van der Waals surface area contributed by atoms with Crippen LogP contribution >= 0.6 is 0 Å². The third-order valence-electron chi connectivity index (χ3n) is 6.30. The summed E-state index contributed by atoms with van der Waals surface area (Å²) in [6, 6.07) is 9.72. The molecule has 1 unspecified atom stereocenters. The summed E-state index contributed by atoms with van der Waals surface area (Å²) >= 11 is 0. The minimum atomic E-state index is -4.69. The Morgan fingerprint density at radius 3 is 2.24 bits per heavy atom. The maximum Gasteiger partial charge on any atom is 0.417 e. The molecule has 2 aromatic carbocycles. The first kappa shape index (κ1) is 28.8. The average Bonchev–Trinajstić information content (AvgIpc) is 3.11. The fraction of sp³-hybridized carbons (Fsp3) is 0.444. The zero-order valence-electron chi connectivity index (χ0n) is 21.3. The van der Waals surface area contributed by atoms with E-state index in [0.29, 0.717) is 23.0 Å². The third kappa shape index (κ3) is 6.21. The van der Waals surface area contributed by atoms with Crippen LogP contribution in [0.25, 0.3) is 22.0 Å². The molecule has 2 atom stereocenters. The van der Waals surface area contributed by atoms with Gasteiger partial charge < -0.3 is 4.57 Å². The standard InChI is InChI=1S/C27H30F5N3OS/c1-25(2,3)15-35-14-20(19(24(28)29)12-26(4,5)37(34)36)18-10-9-16(11-22(18)35)23-17(13-33)7-6-8-21(23)27(30,31)32/h6-11,14,19,24H,12,15,34H2,1-5H3/t19-,37?/m0/s1. The van der Waals surface area contributed by atoms with Gasteiger partial charge in [-0.25, -0.2) is 13.0 Å². The van der Waals surface area contributed by atoms with E-state index in [2.05, 4.69) is 0 Å². The fourth-order valence-corrected chi connectivity index (χ4v) is 4.90. The van der Waals surface area contributed by atoms with Crippen molar-refractivity contribution >= 4 is 21.9 Å². The highest BCUT2D eigenvalue weighted by Crippen LogP contribution is 2.43. The van der Waals surface area contributed by atoms with Gasteiger partial charge in [-0.3, -0.25) is 5.14 Å². The smallest absolute Gasteiger partial charge is 0.347 e. The normalized spacial score (nSPS) is 14.7. The summed E-state index contributed by atoms with van der Waals surface area (Å²) < 4.78 is 83.0. The summed E-state index contributed by atoms with van der Waals surface area (Å²) in [6.45, 7) is 9.40. The number of benzene rings is 2. The van der Waals surface area contributed by atoms with Crippen LogP contribution in [0.1, 0.15) is 63.6 Å². The third-order valence-corrected chi connectivity index (χ3v) is 7.55. The molecule has 0 bridgehead atoms. The molecule has 0 fully saturated rings. The molecule has 37 heavy (non-hydrogen) atoms. The Hall–Kier alpha value is -2.77. The van der Waals surface area contributed by atoms with Gasteiger partial charge in [0.1, 0.15) is 0 Å². The molecule has 0 aliphatic rings. The fourth-order valence-electron chi connectivity index (χ4n) is 4.55. The van der Waals surface area contributed by atoms with Crippen LogP contribution in [0.4, 0.5) is 22.0 Å². The number of nitrogens with zero attached hydrogens (tertiary/aromatic N) is 2. The summed E-state index contributed by atoms with van der Waals surface area (Å²) in [5, 5.41) is 15.6. The lowest BCUT2D eigenvalue weighted by Crippen LogP contribution is -2.35. The molecule has 3 rings (SSSR count). The second-order valence-corrected chi connectivity index (χ2v) is 12.7. The van der Waals surface area contributed by atoms with E-state index in [1.54, 1.807) is 24.6 Å². The summed E-state index contributed by atoms with van der Waals surface area (Å²) in [4.78, 5) is 0. The van der Waals surface area contributed by atoms with Gasteiger partial charge in [-0.15, -0.1) is 0 Å². The Balaban J connectivity index is 2.32. The van der Waals surface area contributed by atoms with Crippen molar-refractivity contribution in [2.45, 2.75) is 70.9 Å².